The molecule has 0 saturated heterocycles. The first-order chi connectivity index (χ1) is 10.8. The summed E-state index contributed by atoms with van der Waals surface area (Å²) in [6, 6.07) is 16.4. The van der Waals surface area contributed by atoms with Crippen LogP contribution in [0, 0.1) is 0 Å². The fraction of sp³-hybridized carbons (Fsp3) is 0.316. The summed E-state index contributed by atoms with van der Waals surface area (Å²) in [6.45, 7) is 1.93. The highest BCUT2D eigenvalue weighted by atomic mass is 16.2. The highest BCUT2D eigenvalue weighted by Gasteiger charge is 2.51. The van der Waals surface area contributed by atoms with Gasteiger partial charge in [0.25, 0.3) is 0 Å². The van der Waals surface area contributed by atoms with E-state index in [1.165, 1.54) is 11.1 Å². The molecule has 2 aliphatic rings. The monoisotopic (exact) mass is 292 g/mol. The summed E-state index contributed by atoms with van der Waals surface area (Å²) in [4.78, 5) is 12.7. The molecule has 4 rings (SSSR count). The van der Waals surface area contributed by atoms with Crippen molar-refractivity contribution in [2.45, 2.75) is 31.2 Å². The summed E-state index contributed by atoms with van der Waals surface area (Å²) in [5.74, 6) is 0.127. The van der Waals surface area contributed by atoms with Gasteiger partial charge in [0.1, 0.15) is 0 Å². The van der Waals surface area contributed by atoms with Gasteiger partial charge in [-0.2, -0.15) is 0 Å². The molecule has 1 amide bonds. The summed E-state index contributed by atoms with van der Waals surface area (Å²) in [6.07, 6.45) is 2.95. The van der Waals surface area contributed by atoms with Gasteiger partial charge >= 0.3 is 0 Å². The molecule has 1 heterocycles. The fourth-order valence-electron chi connectivity index (χ4n) is 3.34. The zero-order valence-corrected chi connectivity index (χ0v) is 12.6. The van der Waals surface area contributed by atoms with E-state index in [2.05, 4.69) is 34.9 Å². The van der Waals surface area contributed by atoms with Gasteiger partial charge in [-0.1, -0.05) is 36.4 Å². The summed E-state index contributed by atoms with van der Waals surface area (Å²) in [7, 11) is 0. The van der Waals surface area contributed by atoms with Gasteiger partial charge in [-0.15, -0.1) is 0 Å². The molecule has 0 bridgehead atoms. The third-order valence-electron chi connectivity index (χ3n) is 4.86. The van der Waals surface area contributed by atoms with Crippen LogP contribution in [0.4, 0.5) is 5.69 Å². The summed E-state index contributed by atoms with van der Waals surface area (Å²) in [5.41, 5.74) is 4.42. The minimum atomic E-state index is -0.310. The Balaban J connectivity index is 1.55. The van der Waals surface area contributed by atoms with Gasteiger partial charge < -0.3 is 10.6 Å². The second-order valence-corrected chi connectivity index (χ2v) is 6.31. The van der Waals surface area contributed by atoms with Crippen LogP contribution in [0.15, 0.2) is 48.5 Å². The molecule has 112 valence electrons. The number of rotatable bonds is 3. The van der Waals surface area contributed by atoms with Gasteiger partial charge in [-0.25, -0.2) is 0 Å². The Morgan fingerprint density at radius 1 is 1.05 bits per heavy atom. The van der Waals surface area contributed by atoms with Crippen LogP contribution in [0.2, 0.25) is 0 Å². The number of carbonyl (C=O) groups is 1. The van der Waals surface area contributed by atoms with E-state index in [0.717, 1.165) is 43.6 Å². The van der Waals surface area contributed by atoms with E-state index in [1.54, 1.807) is 0 Å². The molecule has 1 fully saturated rings. The van der Waals surface area contributed by atoms with Crippen LogP contribution in [0.3, 0.4) is 0 Å². The van der Waals surface area contributed by atoms with Crippen LogP contribution in [0.1, 0.15) is 29.5 Å². The number of hydrogen-bond donors (Lipinski definition) is 2. The zero-order valence-electron chi connectivity index (χ0n) is 12.6. The van der Waals surface area contributed by atoms with E-state index < -0.39 is 0 Å². The lowest BCUT2D eigenvalue weighted by atomic mass is 9.94. The third kappa shape index (κ3) is 2.32. The van der Waals surface area contributed by atoms with Crippen molar-refractivity contribution in [2.24, 2.45) is 0 Å². The molecule has 1 aliphatic heterocycles. The number of amides is 1. The SMILES string of the molecule is O=C(Nc1ccc2c(c1)CNCC2)C1(c2ccccc2)CC1. The Kier molecular flexibility index (Phi) is 3.23. The molecule has 2 aromatic carbocycles. The maximum atomic E-state index is 12.7. The smallest absolute Gasteiger partial charge is 0.235 e. The van der Waals surface area contributed by atoms with Gasteiger partial charge in [-0.3, -0.25) is 4.79 Å². The number of anilines is 1. The van der Waals surface area contributed by atoms with Gasteiger partial charge in [0.05, 0.1) is 5.41 Å². The fourth-order valence-corrected chi connectivity index (χ4v) is 3.34. The van der Waals surface area contributed by atoms with Crippen molar-refractivity contribution in [1.29, 1.82) is 0 Å². The molecule has 3 heteroatoms. The summed E-state index contributed by atoms with van der Waals surface area (Å²) >= 11 is 0. The molecular formula is C19H20N2O. The van der Waals surface area contributed by atoms with E-state index in [4.69, 9.17) is 0 Å². The number of hydrogen-bond acceptors (Lipinski definition) is 2. The highest BCUT2D eigenvalue weighted by Crippen LogP contribution is 2.48. The van der Waals surface area contributed by atoms with Crippen molar-refractivity contribution in [2.75, 3.05) is 11.9 Å². The second kappa shape index (κ2) is 5.25. The highest BCUT2D eigenvalue weighted by molar-refractivity contribution is 6.01. The first-order valence-corrected chi connectivity index (χ1v) is 7.97. The number of benzene rings is 2. The number of carbonyl (C=O) groups excluding carboxylic acids is 1. The molecule has 1 saturated carbocycles. The number of fused-ring (bicyclic) bond motifs is 1. The molecule has 2 aromatic rings. The molecule has 22 heavy (non-hydrogen) atoms. The predicted molar refractivity (Wildman–Crippen MR) is 87.8 cm³/mol. The maximum absolute atomic E-state index is 12.7. The Labute approximate surface area is 130 Å². The minimum Gasteiger partial charge on any atom is -0.325 e. The van der Waals surface area contributed by atoms with Crippen LogP contribution < -0.4 is 10.6 Å². The molecule has 1 aliphatic carbocycles. The van der Waals surface area contributed by atoms with Crippen LogP contribution >= 0.6 is 0 Å². The van der Waals surface area contributed by atoms with Crippen LogP contribution in [-0.2, 0) is 23.2 Å². The van der Waals surface area contributed by atoms with E-state index in [9.17, 15) is 4.79 Å². The molecule has 3 nitrogen and oxygen atoms in total. The van der Waals surface area contributed by atoms with Crippen molar-refractivity contribution in [1.82, 2.24) is 5.32 Å². The van der Waals surface area contributed by atoms with Crippen LogP contribution in [0.25, 0.3) is 0 Å². The van der Waals surface area contributed by atoms with Crippen molar-refractivity contribution < 1.29 is 4.79 Å². The molecule has 0 spiro atoms. The quantitative estimate of drug-likeness (QED) is 0.913. The first-order valence-electron chi connectivity index (χ1n) is 7.97. The Morgan fingerprint density at radius 3 is 2.64 bits per heavy atom. The first kappa shape index (κ1) is 13.5. The van der Waals surface area contributed by atoms with Crippen molar-refractivity contribution in [3.63, 3.8) is 0 Å². The summed E-state index contributed by atoms with van der Waals surface area (Å²) < 4.78 is 0. The van der Waals surface area contributed by atoms with Gasteiger partial charge in [-0.05, 0) is 54.6 Å². The molecule has 0 atom stereocenters. The largest absolute Gasteiger partial charge is 0.325 e. The standard InChI is InChI=1S/C19H20N2O/c22-18(19(9-10-19)16-4-2-1-3-5-16)21-17-7-6-14-8-11-20-13-15(14)12-17/h1-7,12,20H,8-11,13H2,(H,21,22). The molecular weight excluding hydrogens is 272 g/mol. The van der Waals surface area contributed by atoms with E-state index in [0.29, 0.717) is 0 Å². The van der Waals surface area contributed by atoms with Crippen LogP contribution in [-0.4, -0.2) is 12.5 Å². The normalized spacial score (nSPS) is 18.4. The van der Waals surface area contributed by atoms with Crippen molar-refractivity contribution >= 4 is 11.6 Å². The van der Waals surface area contributed by atoms with Gasteiger partial charge in [0.15, 0.2) is 0 Å². The lowest BCUT2D eigenvalue weighted by Gasteiger charge is -2.20. The Bertz CT molecular complexity index is 705. The van der Waals surface area contributed by atoms with Crippen molar-refractivity contribution in [3.05, 3.63) is 65.2 Å². The molecule has 2 N–H and O–H groups in total. The maximum Gasteiger partial charge on any atom is 0.235 e. The molecule has 0 unspecified atom stereocenters. The van der Waals surface area contributed by atoms with E-state index in [-0.39, 0.29) is 11.3 Å². The lowest BCUT2D eigenvalue weighted by Crippen LogP contribution is -2.28. The van der Waals surface area contributed by atoms with Gasteiger partial charge in [0.2, 0.25) is 5.91 Å². The average Bonchev–Trinajstić information content (AvgIpc) is 3.37. The molecule has 0 aromatic heterocycles. The third-order valence-corrected chi connectivity index (χ3v) is 4.86. The van der Waals surface area contributed by atoms with Crippen LogP contribution in [0.5, 0.6) is 0 Å². The summed E-state index contributed by atoms with van der Waals surface area (Å²) in [5, 5.41) is 6.50. The zero-order chi connectivity index (χ0) is 15.0. The Morgan fingerprint density at radius 2 is 1.86 bits per heavy atom. The lowest BCUT2D eigenvalue weighted by molar-refractivity contribution is -0.118. The molecule has 0 radical (unpaired) electrons. The average molecular weight is 292 g/mol. The second-order valence-electron chi connectivity index (χ2n) is 6.31. The Hall–Kier alpha value is -2.13. The van der Waals surface area contributed by atoms with E-state index >= 15 is 0 Å². The van der Waals surface area contributed by atoms with Gasteiger partial charge in [0, 0.05) is 12.2 Å². The number of nitrogens with one attached hydrogen (secondary N) is 2. The van der Waals surface area contributed by atoms with Crippen molar-refractivity contribution in [3.8, 4) is 0 Å². The predicted octanol–water partition coefficient (Wildman–Crippen LogP) is 3.00. The topological polar surface area (TPSA) is 41.1 Å². The minimum absolute atomic E-state index is 0.127. The van der Waals surface area contributed by atoms with E-state index in [1.807, 2.05) is 24.3 Å².